The number of carboxylic acid groups (broad SMARTS) is 1. The van der Waals surface area contributed by atoms with Gasteiger partial charge in [-0.05, 0) is 52.4 Å². The van der Waals surface area contributed by atoms with Gasteiger partial charge in [-0.3, -0.25) is 14.4 Å². The summed E-state index contributed by atoms with van der Waals surface area (Å²) in [5.74, 6) is -1.76. The third-order valence-corrected chi connectivity index (χ3v) is 7.15. The smallest absolute Gasteiger partial charge is 0.312 e. The van der Waals surface area contributed by atoms with Crippen LogP contribution in [0.15, 0.2) is 0 Å². The molecule has 0 saturated carbocycles. The van der Waals surface area contributed by atoms with Crippen molar-refractivity contribution in [2.45, 2.75) is 137 Å². The molecule has 192 valence electrons. The zero-order valence-electron chi connectivity index (χ0n) is 21.9. The summed E-state index contributed by atoms with van der Waals surface area (Å²) in [5, 5.41) is 9.47. The van der Waals surface area contributed by atoms with Crippen LogP contribution < -0.4 is 0 Å². The number of likely N-dealkylation sites (tertiary alicyclic amines) is 1. The van der Waals surface area contributed by atoms with Crippen LogP contribution in [0.5, 0.6) is 0 Å². The van der Waals surface area contributed by atoms with Crippen LogP contribution in [0.3, 0.4) is 0 Å². The van der Waals surface area contributed by atoms with E-state index >= 15 is 0 Å². The van der Waals surface area contributed by atoms with Crippen LogP contribution in [-0.2, 0) is 19.1 Å². The van der Waals surface area contributed by atoms with E-state index in [-0.39, 0.29) is 30.4 Å². The van der Waals surface area contributed by atoms with Crippen LogP contribution >= 0.6 is 0 Å². The van der Waals surface area contributed by atoms with E-state index in [1.54, 1.807) is 6.92 Å². The van der Waals surface area contributed by atoms with Gasteiger partial charge in [-0.2, -0.15) is 0 Å². The van der Waals surface area contributed by atoms with E-state index in [2.05, 4.69) is 6.92 Å². The minimum absolute atomic E-state index is 0.0680. The minimum atomic E-state index is -0.936. The van der Waals surface area contributed by atoms with Crippen molar-refractivity contribution < 1.29 is 24.2 Å². The van der Waals surface area contributed by atoms with Gasteiger partial charge in [0.05, 0.1) is 17.4 Å². The van der Waals surface area contributed by atoms with Gasteiger partial charge >= 0.3 is 11.9 Å². The highest BCUT2D eigenvalue weighted by atomic mass is 16.5. The minimum Gasteiger partial charge on any atom is -0.481 e. The van der Waals surface area contributed by atoms with Crippen molar-refractivity contribution in [3.05, 3.63) is 0 Å². The second-order valence-corrected chi connectivity index (χ2v) is 10.4. The number of ether oxygens (including phenoxy) is 1. The normalized spacial score (nSPS) is 18.6. The van der Waals surface area contributed by atoms with Gasteiger partial charge in [0, 0.05) is 19.0 Å². The zero-order chi connectivity index (χ0) is 24.9. The first-order valence-corrected chi connectivity index (χ1v) is 13.4. The summed E-state index contributed by atoms with van der Waals surface area (Å²) < 4.78 is 5.86. The van der Waals surface area contributed by atoms with Gasteiger partial charge in [0.1, 0.15) is 0 Å². The number of carbonyl (C=O) groups excluding carboxylic acids is 2. The summed E-state index contributed by atoms with van der Waals surface area (Å²) in [6.45, 7) is 10.4. The first-order valence-electron chi connectivity index (χ1n) is 13.4. The molecule has 4 unspecified atom stereocenters. The van der Waals surface area contributed by atoms with E-state index in [0.717, 1.165) is 32.1 Å². The third kappa shape index (κ3) is 10.5. The highest BCUT2D eigenvalue weighted by molar-refractivity contribution is 5.80. The Morgan fingerprint density at radius 2 is 1.64 bits per heavy atom. The van der Waals surface area contributed by atoms with Crippen LogP contribution in [0.2, 0.25) is 0 Å². The highest BCUT2D eigenvalue weighted by Gasteiger charge is 2.42. The number of carbonyl (C=O) groups is 3. The predicted molar refractivity (Wildman–Crippen MR) is 132 cm³/mol. The van der Waals surface area contributed by atoms with E-state index < -0.39 is 17.3 Å². The molecule has 0 aromatic heterocycles. The summed E-state index contributed by atoms with van der Waals surface area (Å²) in [4.78, 5) is 39.0. The van der Waals surface area contributed by atoms with Crippen molar-refractivity contribution in [2.24, 2.45) is 11.3 Å². The van der Waals surface area contributed by atoms with E-state index in [9.17, 15) is 19.5 Å². The number of hydrogen-bond acceptors (Lipinski definition) is 4. The zero-order valence-corrected chi connectivity index (χ0v) is 21.9. The molecule has 0 bridgehead atoms. The molecule has 0 aromatic rings. The first kappa shape index (κ1) is 29.4. The fourth-order valence-corrected chi connectivity index (χ4v) is 5.01. The molecule has 33 heavy (non-hydrogen) atoms. The second kappa shape index (κ2) is 15.3. The van der Waals surface area contributed by atoms with Crippen LogP contribution in [-0.4, -0.2) is 46.5 Å². The van der Waals surface area contributed by atoms with Gasteiger partial charge in [0.25, 0.3) is 0 Å². The van der Waals surface area contributed by atoms with Gasteiger partial charge in [0.2, 0.25) is 5.91 Å². The van der Waals surface area contributed by atoms with Crippen LogP contribution in [0.25, 0.3) is 0 Å². The molecule has 0 radical (unpaired) electrons. The van der Waals surface area contributed by atoms with E-state index in [1.807, 2.05) is 25.7 Å². The molecule has 1 aliphatic rings. The summed E-state index contributed by atoms with van der Waals surface area (Å²) in [6.07, 6.45) is 13.3. The lowest BCUT2D eigenvalue weighted by Crippen LogP contribution is -2.44. The Morgan fingerprint density at radius 1 is 1.03 bits per heavy atom. The fraction of sp³-hybridized carbons (Fsp3) is 0.889. The Balaban J connectivity index is 2.66. The first-order chi connectivity index (χ1) is 15.6. The van der Waals surface area contributed by atoms with Gasteiger partial charge in [-0.1, -0.05) is 65.7 Å². The maximum absolute atomic E-state index is 13.3. The Kier molecular flexibility index (Phi) is 13.7. The van der Waals surface area contributed by atoms with Crippen molar-refractivity contribution in [3.8, 4) is 0 Å². The number of unbranched alkanes of at least 4 members (excludes halogenated alkanes) is 7. The standard InChI is InChI=1S/C27H49NO5/c1-6-8-9-10-11-12-13-14-16-22(4)33-26(32)27(5,19-21(3)25(30)31)20-23(7-2)28-18-15-17-24(28)29/h21-23H,6-20H2,1-5H3,(H,30,31). The molecule has 6 heteroatoms. The molecule has 1 amide bonds. The number of esters is 1. The van der Waals surface area contributed by atoms with Crippen molar-refractivity contribution in [1.29, 1.82) is 0 Å². The quantitative estimate of drug-likeness (QED) is 0.187. The number of amides is 1. The molecular formula is C27H49NO5. The Morgan fingerprint density at radius 3 is 2.15 bits per heavy atom. The molecule has 0 spiro atoms. The molecule has 1 aliphatic heterocycles. The summed E-state index contributed by atoms with van der Waals surface area (Å²) in [6, 6.07) is -0.0680. The Labute approximate surface area is 201 Å². The lowest BCUT2D eigenvalue weighted by Gasteiger charge is -2.36. The fourth-order valence-electron chi connectivity index (χ4n) is 5.01. The topological polar surface area (TPSA) is 83.9 Å². The van der Waals surface area contributed by atoms with Crippen LogP contribution in [0.4, 0.5) is 0 Å². The maximum atomic E-state index is 13.3. The van der Waals surface area contributed by atoms with Crippen molar-refractivity contribution in [3.63, 3.8) is 0 Å². The number of aliphatic carboxylic acids is 1. The second-order valence-electron chi connectivity index (χ2n) is 10.4. The van der Waals surface area contributed by atoms with Crippen molar-refractivity contribution >= 4 is 17.8 Å². The van der Waals surface area contributed by atoms with Crippen molar-refractivity contribution in [1.82, 2.24) is 4.90 Å². The number of carboxylic acids is 1. The molecule has 4 atom stereocenters. The summed E-state index contributed by atoms with van der Waals surface area (Å²) >= 11 is 0. The molecule has 1 heterocycles. The largest absolute Gasteiger partial charge is 0.481 e. The van der Waals surface area contributed by atoms with Crippen molar-refractivity contribution in [2.75, 3.05) is 6.54 Å². The highest BCUT2D eigenvalue weighted by Crippen LogP contribution is 2.37. The average molecular weight is 468 g/mol. The molecule has 0 aliphatic carbocycles. The van der Waals surface area contributed by atoms with Crippen LogP contribution in [0.1, 0.15) is 125 Å². The average Bonchev–Trinajstić information content (AvgIpc) is 3.19. The number of nitrogens with zero attached hydrogens (tertiary/aromatic N) is 1. The maximum Gasteiger partial charge on any atom is 0.312 e. The molecule has 6 nitrogen and oxygen atoms in total. The lowest BCUT2D eigenvalue weighted by molar-refractivity contribution is -0.164. The van der Waals surface area contributed by atoms with E-state index in [1.165, 1.54) is 38.5 Å². The Hall–Kier alpha value is -1.59. The monoisotopic (exact) mass is 467 g/mol. The number of rotatable bonds is 18. The molecular weight excluding hydrogens is 418 g/mol. The van der Waals surface area contributed by atoms with Crippen LogP contribution in [0, 0.1) is 11.3 Å². The predicted octanol–water partition coefficient (Wildman–Crippen LogP) is 6.36. The Bertz CT molecular complexity index is 607. The third-order valence-electron chi connectivity index (χ3n) is 7.15. The lowest BCUT2D eigenvalue weighted by atomic mass is 9.75. The van der Waals surface area contributed by atoms with E-state index in [0.29, 0.717) is 19.4 Å². The number of hydrogen-bond donors (Lipinski definition) is 1. The SMILES string of the molecule is CCCCCCCCCCC(C)OC(=O)C(C)(CC(C)C(=O)O)CC(CC)N1CCCC1=O. The molecule has 1 N–H and O–H groups in total. The molecule has 0 aromatic carbocycles. The molecule has 1 rings (SSSR count). The van der Waals surface area contributed by atoms with Gasteiger partial charge in [-0.25, -0.2) is 0 Å². The molecule has 1 fully saturated rings. The summed E-state index contributed by atoms with van der Waals surface area (Å²) in [7, 11) is 0. The summed E-state index contributed by atoms with van der Waals surface area (Å²) in [5.41, 5.74) is -0.936. The van der Waals surface area contributed by atoms with Gasteiger partial charge in [-0.15, -0.1) is 0 Å². The van der Waals surface area contributed by atoms with E-state index in [4.69, 9.17) is 4.74 Å². The molecule has 1 saturated heterocycles. The van der Waals surface area contributed by atoms with Gasteiger partial charge < -0.3 is 14.7 Å². The van der Waals surface area contributed by atoms with Gasteiger partial charge in [0.15, 0.2) is 0 Å².